The quantitative estimate of drug-likeness (QED) is 0.390. The molecule has 5 rings (SSSR count). The number of likely N-dealkylation sites (tertiary alicyclic amines) is 1. The number of halogens is 2. The number of nitrogens with one attached hydrogen (secondary N) is 2. The van der Waals surface area contributed by atoms with Crippen LogP contribution in [-0.4, -0.2) is 57.9 Å². The third kappa shape index (κ3) is 6.22. The van der Waals surface area contributed by atoms with Crippen LogP contribution in [0.5, 0.6) is 0 Å². The van der Waals surface area contributed by atoms with Gasteiger partial charge in [-0.25, -0.2) is 18.7 Å². The van der Waals surface area contributed by atoms with E-state index in [1.807, 2.05) is 54.5 Å². The van der Waals surface area contributed by atoms with Gasteiger partial charge in [0.05, 0.1) is 17.9 Å². The molecule has 1 amide bonds. The Morgan fingerprint density at radius 2 is 1.92 bits per heavy atom. The number of hydrogen-bond donors (Lipinski definition) is 2. The Labute approximate surface area is 215 Å². The molecule has 194 valence electrons. The van der Waals surface area contributed by atoms with E-state index in [9.17, 15) is 13.6 Å². The zero-order valence-corrected chi connectivity index (χ0v) is 20.9. The van der Waals surface area contributed by atoms with Crippen LogP contribution >= 0.6 is 0 Å². The van der Waals surface area contributed by atoms with Gasteiger partial charge in [0, 0.05) is 55.4 Å². The number of amides is 1. The first-order valence-corrected chi connectivity index (χ1v) is 12.8. The summed E-state index contributed by atoms with van der Waals surface area (Å²) in [5.74, 6) is 0.860. The van der Waals surface area contributed by atoms with Crippen molar-refractivity contribution in [1.82, 2.24) is 24.8 Å². The lowest BCUT2D eigenvalue weighted by Gasteiger charge is -2.32. The first-order chi connectivity index (χ1) is 17.9. The van der Waals surface area contributed by atoms with Crippen LogP contribution in [0.25, 0.3) is 11.3 Å². The van der Waals surface area contributed by atoms with Gasteiger partial charge >= 0.3 is 0 Å². The number of carbonyl (C=O) groups is 1. The molecule has 0 saturated carbocycles. The summed E-state index contributed by atoms with van der Waals surface area (Å²) in [4.78, 5) is 23.4. The number of rotatable bonds is 9. The number of benzene rings is 1. The van der Waals surface area contributed by atoms with Crippen molar-refractivity contribution < 1.29 is 13.6 Å². The fourth-order valence-electron chi connectivity index (χ4n) is 4.82. The van der Waals surface area contributed by atoms with Gasteiger partial charge in [-0.2, -0.15) is 0 Å². The minimum absolute atomic E-state index is 0.0715. The van der Waals surface area contributed by atoms with Crippen molar-refractivity contribution in [3.05, 3.63) is 72.2 Å². The zero-order valence-electron chi connectivity index (χ0n) is 20.9. The SMILES string of the molecule is Cc1cnc(Nc2ccn(C3CCN(CC(F)F)CC3)c2)nc1-c1ccc(C(=O)NCC2C=CC2)cc1. The Balaban J connectivity index is 1.21. The van der Waals surface area contributed by atoms with Crippen LogP contribution in [0.1, 0.15) is 41.2 Å². The third-order valence-corrected chi connectivity index (χ3v) is 7.11. The fraction of sp³-hybridized carbons (Fsp3) is 0.393. The summed E-state index contributed by atoms with van der Waals surface area (Å²) in [5.41, 5.74) is 4.15. The van der Waals surface area contributed by atoms with Gasteiger partial charge in [0.25, 0.3) is 12.3 Å². The predicted octanol–water partition coefficient (Wildman–Crippen LogP) is 5.21. The molecule has 0 bridgehead atoms. The molecule has 1 aliphatic carbocycles. The maximum atomic E-state index is 12.6. The van der Waals surface area contributed by atoms with Crippen molar-refractivity contribution in [2.75, 3.05) is 31.5 Å². The van der Waals surface area contributed by atoms with Crippen LogP contribution in [0, 0.1) is 12.8 Å². The van der Waals surface area contributed by atoms with E-state index in [-0.39, 0.29) is 12.5 Å². The first kappa shape index (κ1) is 25.1. The number of aryl methyl sites for hydroxylation is 1. The number of anilines is 2. The Hall–Kier alpha value is -3.59. The lowest BCUT2D eigenvalue weighted by atomic mass is 9.95. The van der Waals surface area contributed by atoms with E-state index in [1.165, 1.54) is 0 Å². The third-order valence-electron chi connectivity index (χ3n) is 7.11. The zero-order chi connectivity index (χ0) is 25.8. The molecule has 37 heavy (non-hydrogen) atoms. The van der Waals surface area contributed by atoms with E-state index in [0.29, 0.717) is 43.1 Å². The highest BCUT2D eigenvalue weighted by Gasteiger charge is 2.22. The molecule has 3 aromatic rings. The van der Waals surface area contributed by atoms with E-state index < -0.39 is 6.43 Å². The second-order valence-electron chi connectivity index (χ2n) is 9.83. The van der Waals surface area contributed by atoms with Crippen molar-refractivity contribution in [3.8, 4) is 11.3 Å². The molecule has 1 unspecified atom stereocenters. The van der Waals surface area contributed by atoms with Gasteiger partial charge in [0.2, 0.25) is 5.95 Å². The summed E-state index contributed by atoms with van der Waals surface area (Å²) in [6.07, 6.45) is 10.5. The minimum Gasteiger partial charge on any atom is -0.351 e. The minimum atomic E-state index is -2.28. The molecule has 1 saturated heterocycles. The Bertz CT molecular complexity index is 1250. The molecule has 0 spiro atoms. The lowest BCUT2D eigenvalue weighted by Crippen LogP contribution is -2.37. The maximum absolute atomic E-state index is 12.6. The summed E-state index contributed by atoms with van der Waals surface area (Å²) in [6.45, 7) is 3.84. The van der Waals surface area contributed by atoms with E-state index in [1.54, 1.807) is 6.20 Å². The van der Waals surface area contributed by atoms with Crippen molar-refractivity contribution in [3.63, 3.8) is 0 Å². The average molecular weight is 507 g/mol. The van der Waals surface area contributed by atoms with Gasteiger partial charge in [0.15, 0.2) is 0 Å². The summed E-state index contributed by atoms with van der Waals surface area (Å²) < 4.78 is 27.4. The molecule has 0 radical (unpaired) electrons. The molecule has 2 N–H and O–H groups in total. The summed E-state index contributed by atoms with van der Waals surface area (Å²) >= 11 is 0. The maximum Gasteiger partial charge on any atom is 0.251 e. The molecule has 1 fully saturated rings. The van der Waals surface area contributed by atoms with Gasteiger partial charge in [-0.15, -0.1) is 0 Å². The number of nitrogens with zero attached hydrogens (tertiary/aromatic N) is 4. The number of alkyl halides is 2. The number of hydrogen-bond acceptors (Lipinski definition) is 5. The van der Waals surface area contributed by atoms with Gasteiger partial charge < -0.3 is 15.2 Å². The second-order valence-corrected chi connectivity index (χ2v) is 9.83. The molecule has 7 nitrogen and oxygen atoms in total. The second kappa shape index (κ2) is 11.2. The predicted molar refractivity (Wildman–Crippen MR) is 140 cm³/mol. The van der Waals surface area contributed by atoms with E-state index in [2.05, 4.69) is 32.3 Å². The number of allylic oxidation sites excluding steroid dienone is 1. The van der Waals surface area contributed by atoms with E-state index in [4.69, 9.17) is 4.98 Å². The Kier molecular flexibility index (Phi) is 7.60. The van der Waals surface area contributed by atoms with Crippen molar-refractivity contribution in [2.24, 2.45) is 5.92 Å². The van der Waals surface area contributed by atoms with Crippen molar-refractivity contribution in [1.29, 1.82) is 0 Å². The van der Waals surface area contributed by atoms with Gasteiger partial charge in [-0.3, -0.25) is 9.69 Å². The Morgan fingerprint density at radius 3 is 2.59 bits per heavy atom. The Morgan fingerprint density at radius 1 is 1.16 bits per heavy atom. The monoisotopic (exact) mass is 506 g/mol. The van der Waals surface area contributed by atoms with Crippen LogP contribution < -0.4 is 10.6 Å². The molecular weight excluding hydrogens is 474 g/mol. The summed E-state index contributed by atoms with van der Waals surface area (Å²) in [7, 11) is 0. The fourth-order valence-corrected chi connectivity index (χ4v) is 4.82. The smallest absolute Gasteiger partial charge is 0.251 e. The van der Waals surface area contributed by atoms with Gasteiger partial charge in [0.1, 0.15) is 0 Å². The van der Waals surface area contributed by atoms with Crippen LogP contribution in [0.3, 0.4) is 0 Å². The lowest BCUT2D eigenvalue weighted by molar-refractivity contribution is 0.0702. The molecular formula is C28H32F2N6O. The van der Waals surface area contributed by atoms with E-state index in [0.717, 1.165) is 41.8 Å². The van der Waals surface area contributed by atoms with Crippen LogP contribution in [-0.2, 0) is 0 Å². The molecule has 2 aliphatic rings. The molecule has 1 aliphatic heterocycles. The van der Waals surface area contributed by atoms with Crippen LogP contribution in [0.2, 0.25) is 0 Å². The summed E-state index contributed by atoms with van der Waals surface area (Å²) in [6, 6.07) is 9.73. The molecule has 1 aromatic carbocycles. The van der Waals surface area contributed by atoms with E-state index >= 15 is 0 Å². The normalized spacial score (nSPS) is 18.1. The highest BCUT2D eigenvalue weighted by Crippen LogP contribution is 2.27. The number of aromatic nitrogens is 3. The molecule has 3 heterocycles. The molecule has 9 heteroatoms. The first-order valence-electron chi connectivity index (χ1n) is 12.8. The van der Waals surface area contributed by atoms with Gasteiger partial charge in [-0.1, -0.05) is 24.3 Å². The average Bonchev–Trinajstić information content (AvgIpc) is 3.33. The topological polar surface area (TPSA) is 75.1 Å². The number of carbonyl (C=O) groups excluding carboxylic acids is 1. The van der Waals surface area contributed by atoms with Crippen LogP contribution in [0.4, 0.5) is 20.4 Å². The number of piperidine rings is 1. The highest BCUT2D eigenvalue weighted by atomic mass is 19.3. The molecule has 1 atom stereocenters. The van der Waals surface area contributed by atoms with Gasteiger partial charge in [-0.05, 0) is 55.9 Å². The standard InChI is InChI=1S/C28H32F2N6O/c1-19-15-32-28(33-23-9-14-36(17-23)24-10-12-35(13-11-24)18-25(29)30)34-26(19)21-5-7-22(8-6-21)27(37)31-16-20-3-2-4-20/h2-3,5-9,14-15,17,20,24-25H,4,10-13,16,18H2,1H3,(H,31,37)(H,32,33,34). The summed E-state index contributed by atoms with van der Waals surface area (Å²) in [5, 5.41) is 6.26. The molecule has 2 aromatic heterocycles. The highest BCUT2D eigenvalue weighted by molar-refractivity contribution is 5.94. The van der Waals surface area contributed by atoms with Crippen LogP contribution in [0.15, 0.2) is 61.1 Å². The van der Waals surface area contributed by atoms with Crippen molar-refractivity contribution >= 4 is 17.5 Å². The largest absolute Gasteiger partial charge is 0.351 e. The van der Waals surface area contributed by atoms with Crippen molar-refractivity contribution in [2.45, 2.75) is 38.7 Å².